The second-order valence-electron chi connectivity index (χ2n) is 9.09. The van der Waals surface area contributed by atoms with E-state index >= 15 is 0 Å². The Kier molecular flexibility index (Phi) is 11.0. The molecule has 0 aliphatic heterocycles. The van der Waals surface area contributed by atoms with Crippen molar-refractivity contribution in [3.63, 3.8) is 0 Å². The average Bonchev–Trinajstić information content (AvgIpc) is 3.20. The van der Waals surface area contributed by atoms with Crippen molar-refractivity contribution in [2.75, 3.05) is 26.2 Å². The number of aryl methyl sites for hydroxylation is 1. The van der Waals surface area contributed by atoms with Gasteiger partial charge in [0.05, 0.1) is 13.2 Å². The molecule has 182 valence electrons. The fourth-order valence-electron chi connectivity index (χ4n) is 3.63. The van der Waals surface area contributed by atoms with Gasteiger partial charge in [0.25, 0.3) is 5.91 Å². The van der Waals surface area contributed by atoms with E-state index in [-0.39, 0.29) is 18.4 Å². The van der Waals surface area contributed by atoms with Gasteiger partial charge in [-0.3, -0.25) is 9.59 Å². The minimum atomic E-state index is -0.111. The third kappa shape index (κ3) is 8.60. The number of carbonyl (C=O) groups excluding carboxylic acids is 2. The van der Waals surface area contributed by atoms with Crippen LogP contribution >= 0.6 is 0 Å². The molecule has 2 aromatic rings. The number of hydrogen-bond donors (Lipinski definition) is 0. The summed E-state index contributed by atoms with van der Waals surface area (Å²) in [5, 5.41) is 0. The van der Waals surface area contributed by atoms with Crippen molar-refractivity contribution < 1.29 is 14.3 Å². The SMILES string of the molecule is CCCCOc1ccc(C(=O)N(CCCC)CC(=O)N(Cc2cccn2C)CC(C)C)cc1. The maximum absolute atomic E-state index is 13.3. The van der Waals surface area contributed by atoms with Crippen LogP contribution in [0.3, 0.4) is 0 Å². The van der Waals surface area contributed by atoms with Gasteiger partial charge >= 0.3 is 0 Å². The van der Waals surface area contributed by atoms with Crippen LogP contribution in [-0.4, -0.2) is 52.4 Å². The van der Waals surface area contributed by atoms with E-state index < -0.39 is 0 Å². The molecule has 0 aliphatic carbocycles. The van der Waals surface area contributed by atoms with Gasteiger partial charge in [0.2, 0.25) is 5.91 Å². The highest BCUT2D eigenvalue weighted by Crippen LogP contribution is 2.16. The van der Waals surface area contributed by atoms with E-state index in [0.29, 0.717) is 37.7 Å². The molecular weight excluding hydrogens is 414 g/mol. The highest BCUT2D eigenvalue weighted by atomic mass is 16.5. The van der Waals surface area contributed by atoms with Crippen molar-refractivity contribution in [2.24, 2.45) is 13.0 Å². The molecule has 1 heterocycles. The van der Waals surface area contributed by atoms with Gasteiger partial charge in [0.15, 0.2) is 0 Å². The summed E-state index contributed by atoms with van der Waals surface area (Å²) in [5.74, 6) is 0.977. The molecule has 2 amide bonds. The second kappa shape index (κ2) is 13.7. The molecule has 0 saturated heterocycles. The zero-order chi connectivity index (χ0) is 24.2. The normalized spacial score (nSPS) is 11.0. The van der Waals surface area contributed by atoms with Gasteiger partial charge in [-0.1, -0.05) is 40.5 Å². The van der Waals surface area contributed by atoms with Crippen molar-refractivity contribution in [3.05, 3.63) is 53.9 Å². The molecule has 0 spiro atoms. The standard InChI is InChI=1S/C27H41N3O3/c1-6-8-17-29(27(32)23-12-14-25(15-13-23)33-18-9-7-2)21-26(31)30(19-22(3)4)20-24-11-10-16-28(24)5/h10-16,22H,6-9,17-21H2,1-5H3. The van der Waals surface area contributed by atoms with E-state index in [1.165, 1.54) is 0 Å². The van der Waals surface area contributed by atoms with E-state index in [2.05, 4.69) is 27.7 Å². The Morgan fingerprint density at radius 1 is 1.00 bits per heavy atom. The zero-order valence-electron chi connectivity index (χ0n) is 21.0. The maximum Gasteiger partial charge on any atom is 0.254 e. The number of carbonyl (C=O) groups is 2. The second-order valence-corrected chi connectivity index (χ2v) is 9.09. The van der Waals surface area contributed by atoms with Crippen LogP contribution in [0.15, 0.2) is 42.6 Å². The molecule has 0 radical (unpaired) electrons. The van der Waals surface area contributed by atoms with E-state index in [4.69, 9.17) is 4.74 Å². The van der Waals surface area contributed by atoms with Gasteiger partial charge in [-0.15, -0.1) is 0 Å². The van der Waals surface area contributed by atoms with Crippen LogP contribution in [0.25, 0.3) is 0 Å². The van der Waals surface area contributed by atoms with Crippen molar-refractivity contribution >= 4 is 11.8 Å². The average molecular weight is 456 g/mol. The van der Waals surface area contributed by atoms with Crippen LogP contribution in [0.1, 0.15) is 69.4 Å². The highest BCUT2D eigenvalue weighted by Gasteiger charge is 2.23. The Bertz CT molecular complexity index is 858. The van der Waals surface area contributed by atoms with E-state index in [1.807, 2.05) is 47.0 Å². The Balaban J connectivity index is 2.12. The summed E-state index contributed by atoms with van der Waals surface area (Å²) in [5.41, 5.74) is 1.66. The third-order valence-corrected chi connectivity index (χ3v) is 5.61. The van der Waals surface area contributed by atoms with Gasteiger partial charge in [-0.2, -0.15) is 0 Å². The molecule has 1 aromatic carbocycles. The molecule has 0 fully saturated rings. The van der Waals surface area contributed by atoms with Crippen LogP contribution in [0.2, 0.25) is 0 Å². The first-order valence-corrected chi connectivity index (χ1v) is 12.3. The Morgan fingerprint density at radius 2 is 1.70 bits per heavy atom. The number of benzene rings is 1. The first kappa shape index (κ1) is 26.5. The number of aromatic nitrogens is 1. The minimum Gasteiger partial charge on any atom is -0.494 e. The number of unbranched alkanes of at least 4 members (excludes halogenated alkanes) is 2. The topological polar surface area (TPSA) is 54.8 Å². The number of nitrogens with zero attached hydrogens (tertiary/aromatic N) is 3. The van der Waals surface area contributed by atoms with Crippen LogP contribution in [0, 0.1) is 5.92 Å². The van der Waals surface area contributed by atoms with Crippen LogP contribution < -0.4 is 4.74 Å². The minimum absolute atomic E-state index is 0.0196. The molecule has 1 aromatic heterocycles. The predicted molar refractivity (Wildman–Crippen MR) is 133 cm³/mol. The summed E-state index contributed by atoms with van der Waals surface area (Å²) in [6, 6.07) is 11.3. The predicted octanol–water partition coefficient (Wildman–Crippen LogP) is 5.13. The van der Waals surface area contributed by atoms with Gasteiger partial charge in [0, 0.05) is 37.6 Å². The Morgan fingerprint density at radius 3 is 2.27 bits per heavy atom. The third-order valence-electron chi connectivity index (χ3n) is 5.61. The Labute approximate surface area is 199 Å². The lowest BCUT2D eigenvalue weighted by Crippen LogP contribution is -2.44. The summed E-state index contributed by atoms with van der Waals surface area (Å²) in [6.45, 7) is 11.0. The largest absolute Gasteiger partial charge is 0.494 e. The van der Waals surface area contributed by atoms with Crippen LogP contribution in [0.5, 0.6) is 5.75 Å². The van der Waals surface area contributed by atoms with E-state index in [1.54, 1.807) is 17.0 Å². The molecule has 0 bridgehead atoms. The molecule has 6 heteroatoms. The lowest BCUT2D eigenvalue weighted by Gasteiger charge is -2.29. The molecule has 33 heavy (non-hydrogen) atoms. The van der Waals surface area contributed by atoms with E-state index in [0.717, 1.165) is 37.1 Å². The molecule has 0 saturated carbocycles. The van der Waals surface area contributed by atoms with Crippen molar-refractivity contribution in [1.29, 1.82) is 0 Å². The van der Waals surface area contributed by atoms with Gasteiger partial charge in [-0.05, 0) is 55.2 Å². The maximum atomic E-state index is 13.3. The van der Waals surface area contributed by atoms with Crippen molar-refractivity contribution in [2.45, 2.75) is 59.9 Å². The van der Waals surface area contributed by atoms with Crippen LogP contribution in [0.4, 0.5) is 0 Å². The molecule has 0 unspecified atom stereocenters. The number of rotatable bonds is 14. The monoisotopic (exact) mass is 455 g/mol. The molecule has 0 N–H and O–H groups in total. The summed E-state index contributed by atoms with van der Waals surface area (Å²) in [4.78, 5) is 30.2. The molecule has 2 rings (SSSR count). The molecule has 0 aliphatic rings. The van der Waals surface area contributed by atoms with Crippen LogP contribution in [-0.2, 0) is 18.4 Å². The Hall–Kier alpha value is -2.76. The van der Waals surface area contributed by atoms with Gasteiger partial charge in [0.1, 0.15) is 12.3 Å². The number of amides is 2. The van der Waals surface area contributed by atoms with Crippen molar-refractivity contribution in [1.82, 2.24) is 14.4 Å². The number of hydrogen-bond acceptors (Lipinski definition) is 3. The van der Waals surface area contributed by atoms with E-state index in [9.17, 15) is 9.59 Å². The fraction of sp³-hybridized carbons (Fsp3) is 0.556. The summed E-state index contributed by atoms with van der Waals surface area (Å²) in [6.07, 6.45) is 5.89. The first-order chi connectivity index (χ1) is 15.8. The van der Waals surface area contributed by atoms with Crippen molar-refractivity contribution in [3.8, 4) is 5.75 Å². The lowest BCUT2D eigenvalue weighted by molar-refractivity contribution is -0.133. The lowest BCUT2D eigenvalue weighted by atomic mass is 10.1. The summed E-state index contributed by atoms with van der Waals surface area (Å²) in [7, 11) is 1.99. The van der Waals surface area contributed by atoms with Gasteiger partial charge < -0.3 is 19.1 Å². The zero-order valence-corrected chi connectivity index (χ0v) is 21.0. The van der Waals surface area contributed by atoms with Gasteiger partial charge in [-0.25, -0.2) is 0 Å². The highest BCUT2D eigenvalue weighted by molar-refractivity contribution is 5.96. The number of ether oxygens (including phenoxy) is 1. The summed E-state index contributed by atoms with van der Waals surface area (Å²) >= 11 is 0. The molecular formula is C27H41N3O3. The first-order valence-electron chi connectivity index (χ1n) is 12.3. The quantitative estimate of drug-likeness (QED) is 0.371. The molecule has 6 nitrogen and oxygen atoms in total. The fourth-order valence-corrected chi connectivity index (χ4v) is 3.63. The molecule has 0 atom stereocenters. The summed E-state index contributed by atoms with van der Waals surface area (Å²) < 4.78 is 7.74. The smallest absolute Gasteiger partial charge is 0.254 e.